The molecule has 0 rings (SSSR count). The van der Waals surface area contributed by atoms with Gasteiger partial charge in [-0.15, -0.1) is 0 Å². The van der Waals surface area contributed by atoms with Crippen LogP contribution in [0.3, 0.4) is 0 Å². The summed E-state index contributed by atoms with van der Waals surface area (Å²) in [6.07, 6.45) is 86.1. The van der Waals surface area contributed by atoms with E-state index in [1.54, 1.807) is 0 Å². The Morgan fingerprint density at radius 2 is 0.641 bits per heavy atom. The van der Waals surface area contributed by atoms with Crippen LogP contribution in [0.25, 0.3) is 0 Å². The Morgan fingerprint density at radius 3 is 1.01 bits per heavy atom. The standard InChI is InChI=1S/C72H137NO5/c1-3-5-7-9-11-13-15-17-19-21-29-34-38-42-46-50-54-58-62-66-72(77)78-67-63-59-55-51-47-43-39-35-31-28-26-24-23-25-27-30-33-37-41-45-49-53-57-61-65-71(76)73-69(68-74)70(75)64-60-56-52-48-44-40-36-32-22-20-18-16-14-12-10-8-6-4-2/h11,13,17,19,25,27,69-70,74-75H,3-10,12,14-16,18,20-24,26,28-68H2,1-2H3,(H,73,76)/b13-11-,19-17-,27-25-. The van der Waals surface area contributed by atoms with Gasteiger partial charge in [-0.2, -0.15) is 0 Å². The van der Waals surface area contributed by atoms with Crippen molar-refractivity contribution in [2.45, 2.75) is 398 Å². The molecule has 0 saturated heterocycles. The van der Waals surface area contributed by atoms with Gasteiger partial charge in [0.05, 0.1) is 25.4 Å². The summed E-state index contributed by atoms with van der Waals surface area (Å²) in [5.41, 5.74) is 0. The second-order valence-electron chi connectivity index (χ2n) is 24.2. The van der Waals surface area contributed by atoms with Gasteiger partial charge in [0.2, 0.25) is 5.91 Å². The number of unbranched alkanes of at least 4 members (excludes halogenated alkanes) is 49. The minimum Gasteiger partial charge on any atom is -0.466 e. The molecule has 0 aliphatic carbocycles. The van der Waals surface area contributed by atoms with Gasteiger partial charge in [-0.3, -0.25) is 9.59 Å². The van der Waals surface area contributed by atoms with Crippen LogP contribution >= 0.6 is 0 Å². The fourth-order valence-electron chi connectivity index (χ4n) is 11.0. The molecule has 6 heteroatoms. The molecule has 3 N–H and O–H groups in total. The normalized spacial score (nSPS) is 12.7. The van der Waals surface area contributed by atoms with Gasteiger partial charge in [0.15, 0.2) is 0 Å². The molecule has 0 aromatic carbocycles. The molecule has 460 valence electrons. The van der Waals surface area contributed by atoms with E-state index in [-0.39, 0.29) is 18.5 Å². The smallest absolute Gasteiger partial charge is 0.305 e. The van der Waals surface area contributed by atoms with Gasteiger partial charge in [-0.05, 0) is 83.5 Å². The van der Waals surface area contributed by atoms with Crippen LogP contribution in [0.1, 0.15) is 386 Å². The van der Waals surface area contributed by atoms with Gasteiger partial charge in [-0.25, -0.2) is 0 Å². The van der Waals surface area contributed by atoms with Crippen LogP contribution in [-0.4, -0.2) is 47.4 Å². The molecule has 0 fully saturated rings. The predicted molar refractivity (Wildman–Crippen MR) is 343 cm³/mol. The van der Waals surface area contributed by atoms with Crippen molar-refractivity contribution in [3.63, 3.8) is 0 Å². The first-order valence-electron chi connectivity index (χ1n) is 35.2. The van der Waals surface area contributed by atoms with Crippen molar-refractivity contribution in [3.8, 4) is 0 Å². The summed E-state index contributed by atoms with van der Waals surface area (Å²) in [7, 11) is 0. The van der Waals surface area contributed by atoms with Crippen molar-refractivity contribution in [2.24, 2.45) is 0 Å². The summed E-state index contributed by atoms with van der Waals surface area (Å²) in [4.78, 5) is 24.6. The number of rotatable bonds is 66. The van der Waals surface area contributed by atoms with Gasteiger partial charge >= 0.3 is 5.97 Å². The molecule has 78 heavy (non-hydrogen) atoms. The maximum absolute atomic E-state index is 12.5. The van der Waals surface area contributed by atoms with Crippen LogP contribution in [0.4, 0.5) is 0 Å². The first-order valence-corrected chi connectivity index (χ1v) is 35.2. The van der Waals surface area contributed by atoms with Gasteiger partial charge in [-0.1, -0.05) is 326 Å². The molecule has 0 aromatic rings. The first kappa shape index (κ1) is 76.1. The average molecular weight is 1100 g/mol. The van der Waals surface area contributed by atoms with Crippen LogP contribution in [-0.2, 0) is 14.3 Å². The molecule has 0 radical (unpaired) electrons. The molecule has 6 nitrogen and oxygen atoms in total. The number of amides is 1. The Kier molecular flexibility index (Phi) is 65.9. The third-order valence-electron chi connectivity index (χ3n) is 16.4. The second-order valence-corrected chi connectivity index (χ2v) is 24.2. The van der Waals surface area contributed by atoms with E-state index in [1.165, 1.54) is 302 Å². The lowest BCUT2D eigenvalue weighted by molar-refractivity contribution is -0.143. The summed E-state index contributed by atoms with van der Waals surface area (Å²) in [5.74, 6) is -0.0270. The lowest BCUT2D eigenvalue weighted by atomic mass is 10.0. The van der Waals surface area contributed by atoms with Crippen molar-refractivity contribution >= 4 is 11.9 Å². The van der Waals surface area contributed by atoms with Gasteiger partial charge in [0, 0.05) is 12.8 Å². The van der Waals surface area contributed by atoms with E-state index in [4.69, 9.17) is 4.74 Å². The summed E-state index contributed by atoms with van der Waals surface area (Å²) in [6, 6.07) is -0.546. The number of aliphatic hydroxyl groups is 2. The summed E-state index contributed by atoms with van der Waals surface area (Å²) in [5, 5.41) is 23.4. The largest absolute Gasteiger partial charge is 0.466 e. The zero-order valence-electron chi connectivity index (χ0n) is 52.7. The van der Waals surface area contributed by atoms with E-state index in [0.717, 1.165) is 51.4 Å². The van der Waals surface area contributed by atoms with Gasteiger partial charge < -0.3 is 20.3 Å². The van der Waals surface area contributed by atoms with E-state index in [0.29, 0.717) is 25.9 Å². The highest BCUT2D eigenvalue weighted by Crippen LogP contribution is 2.18. The third kappa shape index (κ3) is 63.3. The van der Waals surface area contributed by atoms with E-state index in [1.807, 2.05) is 0 Å². The number of carbonyl (C=O) groups excluding carboxylic acids is 2. The highest BCUT2D eigenvalue weighted by atomic mass is 16.5. The molecule has 0 heterocycles. The molecule has 0 aliphatic heterocycles. The van der Waals surface area contributed by atoms with Crippen LogP contribution in [0, 0.1) is 0 Å². The van der Waals surface area contributed by atoms with E-state index >= 15 is 0 Å². The lowest BCUT2D eigenvalue weighted by Crippen LogP contribution is -2.45. The Bertz CT molecular complexity index is 1260. The van der Waals surface area contributed by atoms with Crippen LogP contribution < -0.4 is 5.32 Å². The molecule has 0 aromatic heterocycles. The Hall–Kier alpha value is -1.92. The molecule has 0 bridgehead atoms. The molecule has 0 saturated carbocycles. The number of aliphatic hydroxyl groups excluding tert-OH is 2. The summed E-state index contributed by atoms with van der Waals surface area (Å²) < 4.78 is 5.50. The maximum Gasteiger partial charge on any atom is 0.305 e. The quantitative estimate of drug-likeness (QED) is 0.0320. The minimum absolute atomic E-state index is 0.00935. The fourth-order valence-corrected chi connectivity index (χ4v) is 11.0. The van der Waals surface area contributed by atoms with E-state index in [2.05, 4.69) is 55.6 Å². The monoisotopic (exact) mass is 1100 g/mol. The maximum atomic E-state index is 12.5. The molecule has 0 aliphatic rings. The van der Waals surface area contributed by atoms with Crippen molar-refractivity contribution in [3.05, 3.63) is 36.5 Å². The Labute approximate surface area is 487 Å². The van der Waals surface area contributed by atoms with Crippen LogP contribution in [0.15, 0.2) is 36.5 Å². The third-order valence-corrected chi connectivity index (χ3v) is 16.4. The molecular weight excluding hydrogens is 959 g/mol. The number of hydrogen-bond donors (Lipinski definition) is 3. The van der Waals surface area contributed by atoms with E-state index < -0.39 is 12.1 Å². The van der Waals surface area contributed by atoms with Crippen molar-refractivity contribution in [2.75, 3.05) is 13.2 Å². The zero-order valence-corrected chi connectivity index (χ0v) is 52.7. The number of esters is 1. The number of nitrogens with one attached hydrogen (secondary N) is 1. The summed E-state index contributed by atoms with van der Waals surface area (Å²) >= 11 is 0. The highest BCUT2D eigenvalue weighted by Gasteiger charge is 2.20. The molecule has 0 spiro atoms. The lowest BCUT2D eigenvalue weighted by Gasteiger charge is -2.22. The molecule has 2 unspecified atom stereocenters. The average Bonchev–Trinajstić information content (AvgIpc) is 3.44. The second kappa shape index (κ2) is 67.6. The molecule has 2 atom stereocenters. The fraction of sp³-hybridized carbons (Fsp3) is 0.889. The Balaban J connectivity index is 3.39. The molecule has 1 amide bonds. The zero-order chi connectivity index (χ0) is 56.4. The summed E-state index contributed by atoms with van der Waals surface area (Å²) in [6.45, 7) is 4.96. The number of ether oxygens (including phenoxy) is 1. The number of carbonyl (C=O) groups is 2. The SMILES string of the molecule is CCCCC/C=C\C/C=C\CCCCCCCCCCCC(=O)OCCCCCCCCCCCCCC/C=C\CCCCCCCCCCC(=O)NC(CO)C(O)CCCCCCCCCCCCCCCCCCCC. The highest BCUT2D eigenvalue weighted by molar-refractivity contribution is 5.76. The van der Waals surface area contributed by atoms with Crippen molar-refractivity contribution in [1.29, 1.82) is 0 Å². The number of allylic oxidation sites excluding steroid dienone is 6. The van der Waals surface area contributed by atoms with E-state index in [9.17, 15) is 19.8 Å². The number of hydrogen-bond acceptors (Lipinski definition) is 5. The van der Waals surface area contributed by atoms with Crippen molar-refractivity contribution in [1.82, 2.24) is 5.32 Å². The van der Waals surface area contributed by atoms with Crippen molar-refractivity contribution < 1.29 is 24.5 Å². The predicted octanol–water partition coefficient (Wildman–Crippen LogP) is 22.7. The first-order chi connectivity index (χ1) is 38.5. The van der Waals surface area contributed by atoms with Gasteiger partial charge in [0.25, 0.3) is 0 Å². The topological polar surface area (TPSA) is 95.9 Å². The Morgan fingerprint density at radius 1 is 0.359 bits per heavy atom. The minimum atomic E-state index is -0.668. The van der Waals surface area contributed by atoms with Crippen LogP contribution in [0.2, 0.25) is 0 Å². The van der Waals surface area contributed by atoms with Crippen LogP contribution in [0.5, 0.6) is 0 Å². The molecular formula is C72H137NO5. The van der Waals surface area contributed by atoms with Gasteiger partial charge in [0.1, 0.15) is 0 Å².